The first-order chi connectivity index (χ1) is 43.5. The summed E-state index contributed by atoms with van der Waals surface area (Å²) in [7, 11) is 6.11. The standard InChI is InChI=1S/C68H100N8O15/c1-41-17-13-12-14-18-42(2)55(86-9)35-51-23-20-47(7)68(85,91-51)62(81)64(83)76-26-16-15-19-52(76)65(84)90-56(36-53(77)43(3)32-46(6)60(80)61(88-11)59(79)45(5)31-41)44(4)33-48-21-24-54(57(34-48)87-10)89-58(78)25-22-49-37-70-66(71-38-49)74-27-29-75(30-28-74)67-72-39-50(40-73-67)63(82)69-8/h12-14,17-18,32,37-41,43-45,47-48,51-57,60-61,77,80,85H,15-16,19-31,33-36H2,1-11H3,(H,69,82)/b14-12+,17-13+,42-18+,46-32+/t41-,43-,44-,45-,47-,48+,51+,52+,53-,54-,55+,56+,57-,60-,61+,68-/m1/s1. The Hall–Kier alpha value is -6.34. The second-order valence-electron chi connectivity index (χ2n) is 26.0. The number of nitrogens with one attached hydrogen (secondary N) is 1. The van der Waals surface area contributed by atoms with Crippen LogP contribution in [0.1, 0.15) is 148 Å². The number of piperazine rings is 1. The van der Waals surface area contributed by atoms with E-state index < -0.39 is 96.1 Å². The number of aliphatic hydroxyl groups excluding tert-OH is 2. The van der Waals surface area contributed by atoms with Gasteiger partial charge in [0.25, 0.3) is 17.6 Å². The molecule has 4 fully saturated rings. The molecule has 502 valence electrons. The molecule has 2 amide bonds. The van der Waals surface area contributed by atoms with Crippen molar-refractivity contribution in [3.63, 3.8) is 0 Å². The van der Waals surface area contributed by atoms with Crippen LogP contribution in [-0.2, 0) is 58.8 Å². The zero-order valence-corrected chi connectivity index (χ0v) is 55.2. The first-order valence-electron chi connectivity index (χ1n) is 32.7. The molecule has 16 atom stereocenters. The lowest BCUT2D eigenvalue weighted by Gasteiger charge is -2.43. The van der Waals surface area contributed by atoms with Crippen molar-refractivity contribution in [1.82, 2.24) is 30.2 Å². The Morgan fingerprint density at radius 3 is 2.08 bits per heavy atom. The van der Waals surface area contributed by atoms with Gasteiger partial charge in [-0.2, -0.15) is 0 Å². The average molecular weight is 1270 g/mol. The zero-order valence-electron chi connectivity index (χ0n) is 55.2. The third-order valence-electron chi connectivity index (χ3n) is 19.2. The Kier molecular flexibility index (Phi) is 26.9. The number of anilines is 2. The van der Waals surface area contributed by atoms with E-state index in [1.807, 2.05) is 63.0 Å². The molecule has 4 aliphatic heterocycles. The van der Waals surface area contributed by atoms with E-state index in [1.165, 1.54) is 24.4 Å². The summed E-state index contributed by atoms with van der Waals surface area (Å²) in [4.78, 5) is 106. The second kappa shape index (κ2) is 34.0. The Balaban J connectivity index is 1.02. The van der Waals surface area contributed by atoms with E-state index >= 15 is 0 Å². The molecule has 4 N–H and O–H groups in total. The van der Waals surface area contributed by atoms with Crippen LogP contribution in [0.5, 0.6) is 0 Å². The van der Waals surface area contributed by atoms with E-state index in [1.54, 1.807) is 60.5 Å². The minimum Gasteiger partial charge on any atom is -0.460 e. The van der Waals surface area contributed by atoms with Gasteiger partial charge < -0.3 is 63.8 Å². The molecule has 6 heterocycles. The zero-order chi connectivity index (χ0) is 66.1. The quantitative estimate of drug-likeness (QED) is 0.0955. The number of rotatable bonds is 13. The minimum absolute atomic E-state index is 0.00103. The van der Waals surface area contributed by atoms with Crippen LogP contribution in [0.2, 0.25) is 0 Å². The Morgan fingerprint density at radius 1 is 0.769 bits per heavy atom. The van der Waals surface area contributed by atoms with Crippen molar-refractivity contribution in [1.29, 1.82) is 0 Å². The second-order valence-corrected chi connectivity index (χ2v) is 26.0. The van der Waals surface area contributed by atoms with E-state index in [0.29, 0.717) is 120 Å². The van der Waals surface area contributed by atoms with E-state index in [0.717, 1.165) is 11.1 Å². The summed E-state index contributed by atoms with van der Waals surface area (Å²) in [6.45, 7) is 15.4. The number of methoxy groups -OCH3 is 3. The molecule has 5 aliphatic rings. The van der Waals surface area contributed by atoms with Gasteiger partial charge in [0.1, 0.15) is 30.5 Å². The lowest BCUT2D eigenvalue weighted by Crippen LogP contribution is -2.61. The molecule has 0 spiro atoms. The van der Waals surface area contributed by atoms with Crippen LogP contribution in [0.15, 0.2) is 72.4 Å². The number of ether oxygens (including phenoxy) is 6. The predicted molar refractivity (Wildman–Crippen MR) is 340 cm³/mol. The van der Waals surface area contributed by atoms with Crippen molar-refractivity contribution in [2.45, 2.75) is 199 Å². The molecular weight excluding hydrogens is 1170 g/mol. The highest BCUT2D eigenvalue weighted by Crippen LogP contribution is 2.39. The van der Waals surface area contributed by atoms with Gasteiger partial charge in [0.05, 0.1) is 30.0 Å². The number of cyclic esters (lactones) is 1. The van der Waals surface area contributed by atoms with Crippen molar-refractivity contribution in [3.05, 3.63) is 83.5 Å². The third-order valence-corrected chi connectivity index (χ3v) is 19.2. The predicted octanol–water partition coefficient (Wildman–Crippen LogP) is 6.42. The van der Waals surface area contributed by atoms with Crippen LogP contribution in [0.4, 0.5) is 11.9 Å². The van der Waals surface area contributed by atoms with Gasteiger partial charge in [-0.05, 0) is 119 Å². The van der Waals surface area contributed by atoms with Crippen LogP contribution in [-0.4, -0.2) is 197 Å². The molecule has 3 saturated heterocycles. The van der Waals surface area contributed by atoms with Crippen LogP contribution in [0, 0.1) is 35.5 Å². The summed E-state index contributed by atoms with van der Waals surface area (Å²) in [5, 5.41) is 38.4. The Morgan fingerprint density at radius 2 is 1.44 bits per heavy atom. The van der Waals surface area contributed by atoms with Gasteiger partial charge in [0.2, 0.25) is 17.7 Å². The van der Waals surface area contributed by atoms with E-state index in [4.69, 9.17) is 28.4 Å². The van der Waals surface area contributed by atoms with Crippen molar-refractivity contribution >= 4 is 47.2 Å². The molecule has 0 aromatic carbocycles. The number of hydrogen-bond donors (Lipinski definition) is 4. The van der Waals surface area contributed by atoms with Crippen LogP contribution >= 0.6 is 0 Å². The molecule has 23 nitrogen and oxygen atoms in total. The molecule has 1 aliphatic carbocycles. The smallest absolute Gasteiger partial charge is 0.329 e. The summed E-state index contributed by atoms with van der Waals surface area (Å²) >= 11 is 0. The van der Waals surface area contributed by atoms with Crippen LogP contribution in [0.25, 0.3) is 0 Å². The van der Waals surface area contributed by atoms with Crippen molar-refractivity contribution in [3.8, 4) is 0 Å². The van der Waals surface area contributed by atoms with Gasteiger partial charge in [-0.3, -0.25) is 24.0 Å². The Bertz CT molecular complexity index is 2880. The fraction of sp³-hybridized carbons (Fsp3) is 0.676. The number of nitrogens with zero attached hydrogens (tertiary/aromatic N) is 7. The molecule has 91 heavy (non-hydrogen) atoms. The Labute approximate surface area is 536 Å². The maximum absolute atomic E-state index is 14.8. The monoisotopic (exact) mass is 1270 g/mol. The first kappa shape index (κ1) is 72.1. The molecule has 2 bridgehead atoms. The molecule has 0 radical (unpaired) electrons. The number of fused-ring (bicyclic) bond motifs is 3. The number of piperidine rings is 1. The number of allylic oxidation sites excluding steroid dienone is 5. The lowest BCUT2D eigenvalue weighted by atomic mass is 9.78. The van der Waals surface area contributed by atoms with E-state index in [-0.39, 0.29) is 61.2 Å². The summed E-state index contributed by atoms with van der Waals surface area (Å²) < 4.78 is 36.3. The normalized spacial score (nSPS) is 33.9. The van der Waals surface area contributed by atoms with Gasteiger partial charge in [0, 0.05) is 123 Å². The van der Waals surface area contributed by atoms with Gasteiger partial charge in [0.15, 0.2) is 5.78 Å². The van der Waals surface area contributed by atoms with Gasteiger partial charge >= 0.3 is 11.9 Å². The number of aryl methyl sites for hydroxylation is 1. The number of ketones is 2. The summed E-state index contributed by atoms with van der Waals surface area (Å²) in [6.07, 6.45) is 16.8. The molecule has 2 aromatic rings. The molecule has 0 unspecified atom stereocenters. The minimum atomic E-state index is -2.46. The molecule has 1 saturated carbocycles. The molecule has 23 heteroatoms. The largest absolute Gasteiger partial charge is 0.460 e. The number of Topliss-reactive ketones (excluding diaryl/α,β-unsaturated/α-hetero) is 2. The number of aromatic nitrogens is 4. The topological polar surface area (TPSA) is 292 Å². The number of hydrogen-bond acceptors (Lipinski definition) is 21. The summed E-state index contributed by atoms with van der Waals surface area (Å²) in [5.74, 6) is -7.31. The number of carbonyl (C=O) groups is 6. The fourth-order valence-corrected chi connectivity index (χ4v) is 13.3. The van der Waals surface area contributed by atoms with Crippen molar-refractivity contribution < 1.29 is 72.5 Å². The highest BCUT2D eigenvalue weighted by atomic mass is 16.6. The SMILES string of the molecule is CNC(=O)c1cnc(N2CCN(c3ncc(CCC(=O)O[C@@H]4CC[C@@H](C[C@@H](C)[C@@H]5C[C@@H](O)[C@H](C)/C=C(\C)[C@@H](O)[C@@H](OC)C(=O)[C@H](C)C[C@H](C)/C=C/C=C/C=C(\C)[C@@H](OC)C[C@@H]6CC[C@@H](C)[C@@](O)(O6)C(=O)C(=O)N6CCCC[C@H]6C(=O)O5)C[C@H]4OC)cn3)CC2)nc1. The number of aliphatic hydroxyl groups is 3. The fourth-order valence-electron chi connectivity index (χ4n) is 13.3. The van der Waals surface area contributed by atoms with Gasteiger partial charge in [-0.15, -0.1) is 0 Å². The highest BCUT2D eigenvalue weighted by Gasteiger charge is 2.53. The van der Waals surface area contributed by atoms with Crippen molar-refractivity contribution in [2.75, 3.05) is 70.9 Å². The van der Waals surface area contributed by atoms with Crippen LogP contribution in [0.3, 0.4) is 0 Å². The summed E-state index contributed by atoms with van der Waals surface area (Å²) in [6, 6.07) is -1.17. The number of carbonyl (C=O) groups excluding carboxylic acids is 6. The summed E-state index contributed by atoms with van der Waals surface area (Å²) in [5.41, 5.74) is 2.46. The molecule has 2 aromatic heterocycles. The van der Waals surface area contributed by atoms with E-state index in [2.05, 4.69) is 30.2 Å². The maximum Gasteiger partial charge on any atom is 0.329 e. The van der Waals surface area contributed by atoms with Crippen molar-refractivity contribution in [2.24, 2.45) is 35.5 Å². The third kappa shape index (κ3) is 19.2. The number of amides is 2. The number of esters is 2. The van der Waals surface area contributed by atoms with Gasteiger partial charge in [-0.25, -0.2) is 24.7 Å². The van der Waals surface area contributed by atoms with E-state index in [9.17, 15) is 44.1 Å². The average Bonchev–Trinajstić information content (AvgIpc) is 0.803. The molecular formula is C68H100N8O15. The lowest BCUT2D eigenvalue weighted by molar-refractivity contribution is -0.265. The van der Waals surface area contributed by atoms with Gasteiger partial charge in [-0.1, -0.05) is 71.1 Å². The highest BCUT2D eigenvalue weighted by molar-refractivity contribution is 6.39. The maximum atomic E-state index is 14.8. The van der Waals surface area contributed by atoms with Crippen LogP contribution < -0.4 is 15.1 Å². The first-order valence-corrected chi connectivity index (χ1v) is 32.7. The molecule has 7 rings (SSSR count).